The molecule has 12 heteroatoms. The average Bonchev–Trinajstić information content (AvgIpc) is 3.40. The lowest BCUT2D eigenvalue weighted by atomic mass is 10.3. The van der Waals surface area contributed by atoms with E-state index in [1.165, 1.54) is 17.0 Å². The Morgan fingerprint density at radius 2 is 2.03 bits per heavy atom. The van der Waals surface area contributed by atoms with Crippen molar-refractivity contribution in [3.05, 3.63) is 70.7 Å². The van der Waals surface area contributed by atoms with Crippen LogP contribution in [-0.4, -0.2) is 33.6 Å². The van der Waals surface area contributed by atoms with E-state index in [-0.39, 0.29) is 34.7 Å². The van der Waals surface area contributed by atoms with Crippen molar-refractivity contribution in [1.82, 2.24) is 14.5 Å². The zero-order chi connectivity index (χ0) is 22.7. The Kier molecular flexibility index (Phi) is 8.47. The maximum Gasteiger partial charge on any atom is 0.266 e. The molecular weight excluding hydrogens is 517 g/mol. The van der Waals surface area contributed by atoms with Gasteiger partial charge in [-0.1, -0.05) is 34.5 Å². The van der Waals surface area contributed by atoms with Crippen molar-refractivity contribution < 1.29 is 18.3 Å². The number of amides is 1. The summed E-state index contributed by atoms with van der Waals surface area (Å²) in [6.07, 6.45) is 5.73. The molecule has 2 aromatic heterocycles. The minimum Gasteiger partial charge on any atom is -0.482 e. The van der Waals surface area contributed by atoms with Crippen LogP contribution in [-0.2, 0) is 11.3 Å². The van der Waals surface area contributed by atoms with Crippen molar-refractivity contribution in [2.24, 2.45) is 0 Å². The molecule has 0 aliphatic rings. The van der Waals surface area contributed by atoms with Crippen molar-refractivity contribution in [3.63, 3.8) is 0 Å². The van der Waals surface area contributed by atoms with Crippen LogP contribution in [0.3, 0.4) is 0 Å². The minimum absolute atomic E-state index is 0. The third kappa shape index (κ3) is 6.11. The van der Waals surface area contributed by atoms with Gasteiger partial charge < -0.3 is 9.30 Å². The Balaban J connectivity index is 0.00000306. The first-order valence-electron chi connectivity index (χ1n) is 9.50. The number of carbonyl (C=O) groups is 1. The van der Waals surface area contributed by atoms with Gasteiger partial charge in [-0.15, -0.1) is 12.4 Å². The number of rotatable bonds is 8. The van der Waals surface area contributed by atoms with Gasteiger partial charge in [0.05, 0.1) is 16.0 Å². The second-order valence-corrected chi connectivity index (χ2v) is 8.65. The maximum atomic E-state index is 14.1. The second kappa shape index (κ2) is 11.1. The summed E-state index contributed by atoms with van der Waals surface area (Å²) in [4.78, 5) is 22.7. The molecule has 174 valence electrons. The van der Waals surface area contributed by atoms with Crippen molar-refractivity contribution in [1.29, 1.82) is 0 Å². The predicted molar refractivity (Wildman–Crippen MR) is 128 cm³/mol. The first-order chi connectivity index (χ1) is 15.4. The Labute approximate surface area is 208 Å². The third-order valence-corrected chi connectivity index (χ3v) is 6.09. The van der Waals surface area contributed by atoms with E-state index in [1.807, 2.05) is 10.8 Å². The fourth-order valence-corrected chi connectivity index (χ4v) is 4.54. The quantitative estimate of drug-likeness (QED) is 0.279. The second-order valence-electron chi connectivity index (χ2n) is 6.79. The van der Waals surface area contributed by atoms with E-state index in [9.17, 15) is 13.6 Å². The van der Waals surface area contributed by atoms with E-state index < -0.39 is 17.5 Å². The summed E-state index contributed by atoms with van der Waals surface area (Å²) in [7, 11) is 0. The summed E-state index contributed by atoms with van der Waals surface area (Å²) in [5, 5.41) is 0.971. The number of fused-ring (bicyclic) bond motifs is 1. The predicted octanol–water partition coefficient (Wildman–Crippen LogP) is 6.00. The molecule has 0 saturated heterocycles. The van der Waals surface area contributed by atoms with Gasteiger partial charge in [0.25, 0.3) is 5.91 Å². The summed E-state index contributed by atoms with van der Waals surface area (Å²) >= 11 is 13.0. The molecule has 0 radical (unpaired) electrons. The highest BCUT2D eigenvalue weighted by Gasteiger charge is 2.22. The Hall–Kier alpha value is -2.46. The van der Waals surface area contributed by atoms with E-state index in [0.29, 0.717) is 35.0 Å². The van der Waals surface area contributed by atoms with Crippen LogP contribution in [0.4, 0.5) is 13.9 Å². The van der Waals surface area contributed by atoms with Crippen molar-refractivity contribution >= 4 is 68.2 Å². The fourth-order valence-electron chi connectivity index (χ4n) is 3.03. The smallest absolute Gasteiger partial charge is 0.266 e. The molecule has 2 aromatic carbocycles. The van der Waals surface area contributed by atoms with Crippen LogP contribution >= 0.6 is 46.9 Å². The van der Waals surface area contributed by atoms with Gasteiger partial charge in [-0.2, -0.15) is 0 Å². The van der Waals surface area contributed by atoms with E-state index in [1.54, 1.807) is 24.7 Å². The number of imidazole rings is 1. The molecule has 4 rings (SSSR count). The fraction of sp³-hybridized carbons (Fsp3) is 0.190. The van der Waals surface area contributed by atoms with Gasteiger partial charge in [0.1, 0.15) is 17.1 Å². The van der Waals surface area contributed by atoms with Crippen molar-refractivity contribution in [3.8, 4) is 5.75 Å². The number of thiazole rings is 1. The molecule has 2 heterocycles. The lowest BCUT2D eigenvalue weighted by Crippen LogP contribution is -2.36. The Morgan fingerprint density at radius 3 is 2.76 bits per heavy atom. The number of aryl methyl sites for hydroxylation is 1. The normalized spacial score (nSPS) is 10.8. The molecule has 0 aliphatic carbocycles. The van der Waals surface area contributed by atoms with Gasteiger partial charge in [0.15, 0.2) is 17.6 Å². The molecule has 0 unspecified atom stereocenters. The number of anilines is 1. The molecule has 0 atom stereocenters. The van der Waals surface area contributed by atoms with Gasteiger partial charge in [0.2, 0.25) is 0 Å². The van der Waals surface area contributed by atoms with Crippen LogP contribution in [0, 0.1) is 11.6 Å². The first kappa shape index (κ1) is 25.2. The summed E-state index contributed by atoms with van der Waals surface area (Å²) in [5.41, 5.74) is 0.0143. The van der Waals surface area contributed by atoms with Gasteiger partial charge in [-0.25, -0.2) is 18.7 Å². The average molecular weight is 534 g/mol. The third-order valence-electron chi connectivity index (χ3n) is 4.54. The summed E-state index contributed by atoms with van der Waals surface area (Å²) in [6.45, 7) is 0.583. The van der Waals surface area contributed by atoms with Crippen LogP contribution in [0.1, 0.15) is 6.42 Å². The molecule has 1 amide bonds. The topological polar surface area (TPSA) is 60.2 Å². The molecule has 0 saturated carbocycles. The number of ether oxygens (including phenoxy) is 1. The minimum atomic E-state index is -0.780. The van der Waals surface area contributed by atoms with E-state index in [4.69, 9.17) is 27.9 Å². The van der Waals surface area contributed by atoms with Crippen molar-refractivity contribution in [2.45, 2.75) is 13.0 Å². The van der Waals surface area contributed by atoms with Crippen LogP contribution in [0.5, 0.6) is 5.75 Å². The summed E-state index contributed by atoms with van der Waals surface area (Å²) in [5.74, 6) is -1.58. The van der Waals surface area contributed by atoms with E-state index >= 15 is 0 Å². The number of hydrogen-bond acceptors (Lipinski definition) is 5. The molecule has 0 fully saturated rings. The van der Waals surface area contributed by atoms with Crippen LogP contribution in [0.2, 0.25) is 10.0 Å². The number of benzene rings is 2. The molecule has 0 N–H and O–H groups in total. The zero-order valence-electron chi connectivity index (χ0n) is 16.9. The van der Waals surface area contributed by atoms with Gasteiger partial charge in [-0.05, 0) is 30.7 Å². The molecule has 0 aliphatic heterocycles. The van der Waals surface area contributed by atoms with Crippen LogP contribution in [0.15, 0.2) is 49.1 Å². The largest absolute Gasteiger partial charge is 0.482 e. The summed E-state index contributed by atoms with van der Waals surface area (Å²) < 4.78 is 35.5. The Bertz CT molecular complexity index is 1250. The molecular formula is C21H17Cl3F2N4O2S. The van der Waals surface area contributed by atoms with Gasteiger partial charge >= 0.3 is 0 Å². The molecule has 0 spiro atoms. The number of nitrogens with zero attached hydrogens (tertiary/aromatic N) is 4. The molecule has 0 bridgehead atoms. The zero-order valence-corrected chi connectivity index (χ0v) is 20.0. The molecule has 33 heavy (non-hydrogen) atoms. The maximum absolute atomic E-state index is 14.1. The van der Waals surface area contributed by atoms with Crippen LogP contribution in [0.25, 0.3) is 10.2 Å². The lowest BCUT2D eigenvalue weighted by molar-refractivity contribution is -0.120. The molecule has 4 aromatic rings. The van der Waals surface area contributed by atoms with Gasteiger partial charge in [-0.3, -0.25) is 9.69 Å². The van der Waals surface area contributed by atoms with Crippen LogP contribution < -0.4 is 9.64 Å². The standard InChI is InChI=1S/C21H16Cl2F2N4O2S.ClH/c22-13-2-3-17(15(23)8-13)31-11-19(30)29(6-1-5-28-7-4-26-12-28)21-27-20-16(25)9-14(24)10-18(20)32-21;/h2-4,7-10,12H,1,5-6,11H2;1H. The lowest BCUT2D eigenvalue weighted by Gasteiger charge is -2.20. The highest BCUT2D eigenvalue weighted by molar-refractivity contribution is 7.22. The highest BCUT2D eigenvalue weighted by atomic mass is 35.5. The number of carbonyl (C=O) groups excluding carboxylic acids is 1. The molecule has 6 nitrogen and oxygen atoms in total. The highest BCUT2D eigenvalue weighted by Crippen LogP contribution is 2.32. The summed E-state index contributed by atoms with van der Waals surface area (Å²) in [6, 6.07) is 6.63. The number of hydrogen-bond donors (Lipinski definition) is 0. The van der Waals surface area contributed by atoms with Crippen molar-refractivity contribution in [2.75, 3.05) is 18.1 Å². The van der Waals surface area contributed by atoms with Gasteiger partial charge in [0, 0.05) is 36.6 Å². The van der Waals surface area contributed by atoms with E-state index in [0.717, 1.165) is 17.4 Å². The SMILES string of the molecule is Cl.O=C(COc1ccc(Cl)cc1Cl)N(CCCn1ccnc1)c1nc2c(F)cc(F)cc2s1. The van der Waals surface area contributed by atoms with E-state index in [2.05, 4.69) is 9.97 Å². The number of halogens is 5. The number of aromatic nitrogens is 3. The Morgan fingerprint density at radius 1 is 1.21 bits per heavy atom. The monoisotopic (exact) mass is 532 g/mol. The first-order valence-corrected chi connectivity index (χ1v) is 11.1.